The molecule has 1 saturated heterocycles. The van der Waals surface area contributed by atoms with Crippen molar-refractivity contribution in [1.82, 2.24) is 4.90 Å². The van der Waals surface area contributed by atoms with E-state index < -0.39 is 5.60 Å². The van der Waals surface area contributed by atoms with Crippen molar-refractivity contribution in [2.45, 2.75) is 38.7 Å². The van der Waals surface area contributed by atoms with Crippen LogP contribution in [0.3, 0.4) is 0 Å². The fraction of sp³-hybridized carbons (Fsp3) is 0.889. The van der Waals surface area contributed by atoms with Gasteiger partial charge in [0.2, 0.25) is 0 Å². The van der Waals surface area contributed by atoms with Crippen molar-refractivity contribution >= 4 is 5.91 Å². The normalized spacial score (nSPS) is 22.4. The van der Waals surface area contributed by atoms with Gasteiger partial charge in [0, 0.05) is 13.1 Å². The van der Waals surface area contributed by atoms with Crippen molar-refractivity contribution in [1.29, 1.82) is 0 Å². The molecule has 3 heteroatoms. The fourth-order valence-electron chi connectivity index (χ4n) is 1.41. The second kappa shape index (κ2) is 3.44. The first-order valence-electron chi connectivity index (χ1n) is 4.57. The highest BCUT2D eigenvalue weighted by Gasteiger charge is 2.35. The van der Waals surface area contributed by atoms with Gasteiger partial charge in [0.1, 0.15) is 0 Å². The van der Waals surface area contributed by atoms with E-state index in [0.717, 1.165) is 25.9 Å². The minimum Gasteiger partial charge on any atom is -0.340 e. The summed E-state index contributed by atoms with van der Waals surface area (Å²) in [6.07, 6.45) is 2.47. The van der Waals surface area contributed by atoms with Crippen molar-refractivity contribution in [3.05, 3.63) is 0 Å². The van der Waals surface area contributed by atoms with Crippen molar-refractivity contribution in [3.8, 4) is 0 Å². The lowest BCUT2D eigenvalue weighted by atomic mass is 10.0. The van der Waals surface area contributed by atoms with Crippen molar-refractivity contribution < 1.29 is 9.90 Å². The first-order valence-corrected chi connectivity index (χ1v) is 4.57. The molecule has 69 valence electrons. The molecule has 1 radical (unpaired) electrons. The summed E-state index contributed by atoms with van der Waals surface area (Å²) in [5.41, 5.74) is -1.40. The van der Waals surface area contributed by atoms with E-state index in [4.69, 9.17) is 0 Å². The third kappa shape index (κ3) is 1.78. The quantitative estimate of drug-likeness (QED) is 0.614. The topological polar surface area (TPSA) is 40.2 Å². The van der Waals surface area contributed by atoms with Crippen LogP contribution in [-0.2, 0) is 9.90 Å². The van der Waals surface area contributed by atoms with Gasteiger partial charge in [-0.2, -0.15) is 0 Å². The van der Waals surface area contributed by atoms with E-state index in [1.165, 1.54) is 6.92 Å². The molecule has 1 unspecified atom stereocenters. The minimum atomic E-state index is -1.40. The largest absolute Gasteiger partial charge is 0.340 e. The summed E-state index contributed by atoms with van der Waals surface area (Å²) in [6.45, 7) is 4.79. The van der Waals surface area contributed by atoms with Gasteiger partial charge in [0.05, 0.1) is 0 Å². The number of hydrogen-bond acceptors (Lipinski definition) is 1. The highest BCUT2D eigenvalue weighted by Crippen LogP contribution is 2.17. The number of likely N-dealkylation sites (tertiary alicyclic amines) is 1. The van der Waals surface area contributed by atoms with Crippen molar-refractivity contribution in [3.63, 3.8) is 0 Å². The van der Waals surface area contributed by atoms with Crippen molar-refractivity contribution in [2.24, 2.45) is 0 Å². The Morgan fingerprint density at radius 2 is 1.92 bits per heavy atom. The second-order valence-corrected chi connectivity index (χ2v) is 3.58. The zero-order valence-corrected chi connectivity index (χ0v) is 7.80. The summed E-state index contributed by atoms with van der Waals surface area (Å²) < 4.78 is 0. The molecule has 1 aliphatic rings. The van der Waals surface area contributed by atoms with E-state index in [1.807, 2.05) is 0 Å². The Bertz CT molecular complexity index is 171. The molecule has 12 heavy (non-hydrogen) atoms. The summed E-state index contributed by atoms with van der Waals surface area (Å²) in [6, 6.07) is 0. The van der Waals surface area contributed by atoms with Gasteiger partial charge in [-0.25, -0.2) is 5.11 Å². The first-order chi connectivity index (χ1) is 5.58. The molecule has 1 heterocycles. The molecule has 1 aliphatic heterocycles. The summed E-state index contributed by atoms with van der Waals surface area (Å²) in [7, 11) is 0. The molecular weight excluding hydrogens is 154 g/mol. The number of hydrogen-bond donors (Lipinski definition) is 0. The summed E-state index contributed by atoms with van der Waals surface area (Å²) >= 11 is 0. The van der Waals surface area contributed by atoms with Crippen LogP contribution in [0.1, 0.15) is 33.1 Å². The molecule has 3 nitrogen and oxygen atoms in total. The molecule has 0 N–H and O–H groups in total. The van der Waals surface area contributed by atoms with Gasteiger partial charge in [0.15, 0.2) is 5.60 Å². The van der Waals surface area contributed by atoms with Crippen LogP contribution in [0, 0.1) is 0 Å². The molecular formula is C9H16NO2. The number of carbonyl (C=O) groups is 1. The molecule has 0 aromatic carbocycles. The average Bonchev–Trinajstić information content (AvgIpc) is 2.55. The summed E-state index contributed by atoms with van der Waals surface area (Å²) in [5.74, 6) is -0.220. The van der Waals surface area contributed by atoms with Gasteiger partial charge in [-0.3, -0.25) is 4.79 Å². The van der Waals surface area contributed by atoms with Gasteiger partial charge in [-0.15, -0.1) is 0 Å². The third-order valence-electron chi connectivity index (χ3n) is 2.52. The predicted octanol–water partition coefficient (Wildman–Crippen LogP) is 1.21. The van der Waals surface area contributed by atoms with Crippen LogP contribution in [0.25, 0.3) is 0 Å². The second-order valence-electron chi connectivity index (χ2n) is 3.58. The zero-order valence-electron chi connectivity index (χ0n) is 7.80. The Kier molecular flexibility index (Phi) is 2.73. The Morgan fingerprint density at radius 1 is 1.42 bits per heavy atom. The maximum absolute atomic E-state index is 11.6. The van der Waals surface area contributed by atoms with Gasteiger partial charge >= 0.3 is 0 Å². The molecule has 1 atom stereocenters. The van der Waals surface area contributed by atoms with E-state index in [2.05, 4.69) is 0 Å². The molecule has 1 fully saturated rings. The average molecular weight is 170 g/mol. The smallest absolute Gasteiger partial charge is 0.257 e. The van der Waals surface area contributed by atoms with Crippen LogP contribution in [0.15, 0.2) is 0 Å². The van der Waals surface area contributed by atoms with Crippen molar-refractivity contribution in [2.75, 3.05) is 13.1 Å². The van der Waals surface area contributed by atoms with Gasteiger partial charge in [0.25, 0.3) is 5.91 Å². The van der Waals surface area contributed by atoms with Crippen LogP contribution in [-0.4, -0.2) is 29.5 Å². The monoisotopic (exact) mass is 170 g/mol. The third-order valence-corrected chi connectivity index (χ3v) is 2.52. The molecule has 0 spiro atoms. The standard InChI is InChI=1S/C9H16NO2/c1-3-9(2,12)8(11)10-6-4-5-7-10/h3-7H2,1-2H3. The number of amides is 1. The molecule has 0 bridgehead atoms. The lowest BCUT2D eigenvalue weighted by molar-refractivity contribution is -0.155. The fourth-order valence-corrected chi connectivity index (χ4v) is 1.41. The van der Waals surface area contributed by atoms with Crippen LogP contribution in [0.4, 0.5) is 0 Å². The van der Waals surface area contributed by atoms with E-state index in [-0.39, 0.29) is 5.91 Å². The molecule has 0 aliphatic carbocycles. The lowest BCUT2D eigenvalue weighted by Crippen LogP contribution is -2.44. The van der Waals surface area contributed by atoms with Crippen LogP contribution >= 0.6 is 0 Å². The van der Waals surface area contributed by atoms with E-state index in [9.17, 15) is 9.90 Å². The minimum absolute atomic E-state index is 0.220. The highest BCUT2D eigenvalue weighted by atomic mass is 16.3. The van der Waals surface area contributed by atoms with Gasteiger partial charge < -0.3 is 4.90 Å². The van der Waals surface area contributed by atoms with E-state index >= 15 is 0 Å². The van der Waals surface area contributed by atoms with Crippen LogP contribution in [0.5, 0.6) is 0 Å². The van der Waals surface area contributed by atoms with E-state index in [0.29, 0.717) is 6.42 Å². The Labute approximate surface area is 73.4 Å². The molecule has 0 saturated carbocycles. The molecule has 0 aromatic rings. The number of rotatable bonds is 2. The van der Waals surface area contributed by atoms with Gasteiger partial charge in [-0.05, 0) is 26.2 Å². The SMILES string of the molecule is CCC(C)([O])C(=O)N1CCCC1. The van der Waals surface area contributed by atoms with E-state index in [1.54, 1.807) is 11.8 Å². The van der Waals surface area contributed by atoms with Gasteiger partial charge in [-0.1, -0.05) is 6.92 Å². The zero-order chi connectivity index (χ0) is 9.19. The van der Waals surface area contributed by atoms with Crippen LogP contribution < -0.4 is 0 Å². The molecule has 0 aromatic heterocycles. The molecule has 1 rings (SSSR count). The Hall–Kier alpha value is -0.570. The maximum Gasteiger partial charge on any atom is 0.257 e. The number of carbonyl (C=O) groups excluding carboxylic acids is 1. The van der Waals surface area contributed by atoms with Crippen LogP contribution in [0.2, 0.25) is 0 Å². The summed E-state index contributed by atoms with van der Waals surface area (Å²) in [4.78, 5) is 13.2. The Balaban J connectivity index is 2.56. The lowest BCUT2D eigenvalue weighted by Gasteiger charge is -2.24. The summed E-state index contributed by atoms with van der Waals surface area (Å²) in [5, 5.41) is 11.6. The highest BCUT2D eigenvalue weighted by molar-refractivity contribution is 5.84. The number of nitrogens with zero attached hydrogens (tertiary/aromatic N) is 1. The maximum atomic E-state index is 11.6. The predicted molar refractivity (Wildman–Crippen MR) is 45.2 cm³/mol. The molecule has 1 amide bonds. The first kappa shape index (κ1) is 9.52. The Morgan fingerprint density at radius 3 is 2.33 bits per heavy atom.